The maximum atomic E-state index is 5.92. The van der Waals surface area contributed by atoms with Gasteiger partial charge in [0.05, 0.1) is 18.5 Å². The van der Waals surface area contributed by atoms with Crippen LogP contribution in [0, 0.1) is 0 Å². The molecule has 94 valence electrons. The molecule has 0 bridgehead atoms. The molecule has 0 radical (unpaired) electrons. The van der Waals surface area contributed by atoms with Gasteiger partial charge in [-0.3, -0.25) is 4.98 Å². The minimum Gasteiger partial charge on any atom is -0.497 e. The molecule has 3 N–H and O–H groups in total. The highest BCUT2D eigenvalue weighted by Gasteiger charge is 2.00. The van der Waals surface area contributed by atoms with Gasteiger partial charge in [0.25, 0.3) is 0 Å². The number of pyridine rings is 1. The topological polar surface area (TPSA) is 60.2 Å². The molecular weight excluding hydrogens is 226 g/mol. The molecule has 4 nitrogen and oxygen atoms in total. The molecule has 0 aliphatic carbocycles. The highest BCUT2D eigenvalue weighted by molar-refractivity contribution is 5.68. The summed E-state index contributed by atoms with van der Waals surface area (Å²) >= 11 is 0. The number of benzene rings is 1. The first kappa shape index (κ1) is 12.2. The lowest BCUT2D eigenvalue weighted by atomic mass is 10.2. The van der Waals surface area contributed by atoms with Gasteiger partial charge >= 0.3 is 0 Å². The van der Waals surface area contributed by atoms with Crippen LogP contribution < -0.4 is 15.8 Å². The van der Waals surface area contributed by atoms with Crippen molar-refractivity contribution in [3.63, 3.8) is 0 Å². The Balaban J connectivity index is 1.91. The monoisotopic (exact) mass is 243 g/mol. The molecule has 0 aliphatic rings. The molecule has 1 heterocycles. The number of nitrogens with two attached hydrogens (primary N) is 1. The van der Waals surface area contributed by atoms with Gasteiger partial charge in [-0.05, 0) is 24.3 Å². The second-order valence-electron chi connectivity index (χ2n) is 3.95. The van der Waals surface area contributed by atoms with Crippen LogP contribution >= 0.6 is 0 Å². The van der Waals surface area contributed by atoms with E-state index in [2.05, 4.69) is 10.3 Å². The number of aromatic nitrogens is 1. The lowest BCUT2D eigenvalue weighted by Crippen LogP contribution is -2.07. The number of nitrogens with zero attached hydrogens (tertiary/aromatic N) is 1. The fraction of sp³-hybridized carbons (Fsp3) is 0.214. The summed E-state index contributed by atoms with van der Waals surface area (Å²) in [7, 11) is 1.63. The molecule has 0 atom stereocenters. The number of ether oxygens (including phenoxy) is 1. The Hall–Kier alpha value is -2.23. The molecule has 2 aromatic rings. The van der Waals surface area contributed by atoms with E-state index >= 15 is 0 Å². The highest BCUT2D eigenvalue weighted by Crippen LogP contribution is 2.23. The van der Waals surface area contributed by atoms with E-state index in [1.54, 1.807) is 13.3 Å². The van der Waals surface area contributed by atoms with Crippen LogP contribution in [-0.2, 0) is 6.42 Å². The second kappa shape index (κ2) is 5.91. The molecule has 0 unspecified atom stereocenters. The number of methoxy groups -OCH3 is 1. The van der Waals surface area contributed by atoms with Gasteiger partial charge in [-0.25, -0.2) is 0 Å². The van der Waals surface area contributed by atoms with Gasteiger partial charge in [0.1, 0.15) is 5.75 Å². The van der Waals surface area contributed by atoms with Crippen molar-refractivity contribution in [2.24, 2.45) is 0 Å². The molecular formula is C14H17N3O. The normalized spacial score (nSPS) is 10.1. The molecule has 2 rings (SSSR count). The van der Waals surface area contributed by atoms with Crippen LogP contribution in [0.4, 0.5) is 11.4 Å². The third-order valence-corrected chi connectivity index (χ3v) is 2.68. The van der Waals surface area contributed by atoms with E-state index in [9.17, 15) is 0 Å². The molecule has 1 aromatic carbocycles. The fourth-order valence-electron chi connectivity index (χ4n) is 1.70. The summed E-state index contributed by atoms with van der Waals surface area (Å²) in [5.74, 6) is 0.766. The summed E-state index contributed by atoms with van der Waals surface area (Å²) in [4.78, 5) is 4.27. The van der Waals surface area contributed by atoms with E-state index in [0.717, 1.165) is 30.1 Å². The van der Waals surface area contributed by atoms with E-state index in [-0.39, 0.29) is 0 Å². The molecule has 0 saturated heterocycles. The zero-order chi connectivity index (χ0) is 12.8. The lowest BCUT2D eigenvalue weighted by molar-refractivity contribution is 0.415. The Morgan fingerprint density at radius 3 is 2.83 bits per heavy atom. The molecule has 0 spiro atoms. The largest absolute Gasteiger partial charge is 0.497 e. The third kappa shape index (κ3) is 3.13. The van der Waals surface area contributed by atoms with Crippen molar-refractivity contribution in [2.75, 3.05) is 24.7 Å². The SMILES string of the molecule is COc1ccc(NCCc2ccccn2)c(N)c1. The summed E-state index contributed by atoms with van der Waals surface area (Å²) in [6.45, 7) is 0.799. The summed E-state index contributed by atoms with van der Waals surface area (Å²) in [6, 6.07) is 11.5. The van der Waals surface area contributed by atoms with Gasteiger partial charge in [0, 0.05) is 30.9 Å². The second-order valence-corrected chi connectivity index (χ2v) is 3.95. The van der Waals surface area contributed by atoms with Gasteiger partial charge in [-0.15, -0.1) is 0 Å². The highest BCUT2D eigenvalue weighted by atomic mass is 16.5. The van der Waals surface area contributed by atoms with Crippen molar-refractivity contribution in [2.45, 2.75) is 6.42 Å². The zero-order valence-corrected chi connectivity index (χ0v) is 10.4. The first-order valence-electron chi connectivity index (χ1n) is 5.87. The number of rotatable bonds is 5. The average Bonchev–Trinajstić information content (AvgIpc) is 2.42. The van der Waals surface area contributed by atoms with Gasteiger partial charge in [-0.1, -0.05) is 6.07 Å². The summed E-state index contributed by atoms with van der Waals surface area (Å²) < 4.78 is 5.11. The molecule has 0 aliphatic heterocycles. The predicted octanol–water partition coefficient (Wildman–Crippen LogP) is 2.33. The maximum Gasteiger partial charge on any atom is 0.121 e. The van der Waals surface area contributed by atoms with E-state index in [1.807, 2.05) is 36.4 Å². The van der Waals surface area contributed by atoms with Crippen LogP contribution in [0.1, 0.15) is 5.69 Å². The van der Waals surface area contributed by atoms with Crippen LogP contribution in [0.15, 0.2) is 42.6 Å². The first-order valence-corrected chi connectivity index (χ1v) is 5.87. The summed E-state index contributed by atoms with van der Waals surface area (Å²) in [5.41, 5.74) is 8.60. The lowest BCUT2D eigenvalue weighted by Gasteiger charge is -2.10. The molecule has 0 fully saturated rings. The van der Waals surface area contributed by atoms with E-state index in [1.165, 1.54) is 0 Å². The minimum atomic E-state index is 0.690. The number of hydrogen-bond acceptors (Lipinski definition) is 4. The Bertz CT molecular complexity index is 500. The van der Waals surface area contributed by atoms with Crippen molar-refractivity contribution < 1.29 is 4.74 Å². The Morgan fingerprint density at radius 2 is 2.17 bits per heavy atom. The van der Waals surface area contributed by atoms with Crippen molar-refractivity contribution in [1.29, 1.82) is 0 Å². The molecule has 4 heteroatoms. The van der Waals surface area contributed by atoms with E-state index in [0.29, 0.717) is 5.69 Å². The zero-order valence-electron chi connectivity index (χ0n) is 10.4. The third-order valence-electron chi connectivity index (χ3n) is 2.68. The number of nitrogens with one attached hydrogen (secondary N) is 1. The summed E-state index contributed by atoms with van der Waals surface area (Å²) in [6.07, 6.45) is 2.67. The molecule has 0 amide bonds. The average molecular weight is 243 g/mol. The molecule has 0 saturated carbocycles. The van der Waals surface area contributed by atoms with Crippen molar-refractivity contribution in [3.8, 4) is 5.75 Å². The standard InChI is InChI=1S/C14H17N3O/c1-18-12-5-6-14(13(15)10-12)17-9-7-11-4-2-3-8-16-11/h2-6,8,10,17H,7,9,15H2,1H3. The fourth-order valence-corrected chi connectivity index (χ4v) is 1.70. The van der Waals surface area contributed by atoms with E-state index < -0.39 is 0 Å². The Labute approximate surface area is 107 Å². The molecule has 18 heavy (non-hydrogen) atoms. The summed E-state index contributed by atoms with van der Waals surface area (Å²) in [5, 5.41) is 3.29. The van der Waals surface area contributed by atoms with Gasteiger partial charge in [0.2, 0.25) is 0 Å². The van der Waals surface area contributed by atoms with E-state index in [4.69, 9.17) is 10.5 Å². The predicted molar refractivity (Wildman–Crippen MR) is 73.8 cm³/mol. The quantitative estimate of drug-likeness (QED) is 0.791. The van der Waals surface area contributed by atoms with Crippen LogP contribution in [0.3, 0.4) is 0 Å². The minimum absolute atomic E-state index is 0.690. The number of anilines is 2. The van der Waals surface area contributed by atoms with Crippen LogP contribution in [-0.4, -0.2) is 18.6 Å². The smallest absolute Gasteiger partial charge is 0.121 e. The number of nitrogen functional groups attached to an aromatic ring is 1. The van der Waals surface area contributed by atoms with Crippen LogP contribution in [0.2, 0.25) is 0 Å². The number of hydrogen-bond donors (Lipinski definition) is 2. The van der Waals surface area contributed by atoms with Gasteiger partial charge < -0.3 is 15.8 Å². The van der Waals surface area contributed by atoms with Gasteiger partial charge in [-0.2, -0.15) is 0 Å². The van der Waals surface area contributed by atoms with Crippen molar-refractivity contribution >= 4 is 11.4 Å². The van der Waals surface area contributed by atoms with Crippen LogP contribution in [0.25, 0.3) is 0 Å². The Morgan fingerprint density at radius 1 is 1.28 bits per heavy atom. The van der Waals surface area contributed by atoms with Gasteiger partial charge in [0.15, 0.2) is 0 Å². The van der Waals surface area contributed by atoms with Crippen molar-refractivity contribution in [3.05, 3.63) is 48.3 Å². The Kier molecular flexibility index (Phi) is 4.02. The van der Waals surface area contributed by atoms with Crippen molar-refractivity contribution in [1.82, 2.24) is 4.98 Å². The first-order chi connectivity index (χ1) is 8.79. The maximum absolute atomic E-state index is 5.92. The molecule has 1 aromatic heterocycles. The van der Waals surface area contributed by atoms with Crippen LogP contribution in [0.5, 0.6) is 5.75 Å².